The van der Waals surface area contributed by atoms with Gasteiger partial charge in [-0.05, 0) is 49.6 Å². The fourth-order valence-corrected chi connectivity index (χ4v) is 3.97. The first-order valence-electron chi connectivity index (χ1n) is 10.3. The zero-order valence-electron chi connectivity index (χ0n) is 18.2. The van der Waals surface area contributed by atoms with E-state index in [-0.39, 0.29) is 17.2 Å². The highest BCUT2D eigenvalue weighted by Crippen LogP contribution is 2.31. The molecule has 1 saturated heterocycles. The minimum Gasteiger partial charge on any atom is -0.404 e. The molecule has 1 fully saturated rings. The van der Waals surface area contributed by atoms with Gasteiger partial charge < -0.3 is 9.72 Å². The number of allylic oxidation sites excluding steroid dienone is 1. The lowest BCUT2D eigenvalue weighted by Crippen LogP contribution is -2.21. The molecule has 1 aliphatic heterocycles. The van der Waals surface area contributed by atoms with Crippen LogP contribution < -0.4 is 10.9 Å². The van der Waals surface area contributed by atoms with Crippen LogP contribution in [-0.4, -0.2) is 26.8 Å². The van der Waals surface area contributed by atoms with Crippen LogP contribution in [-0.2, 0) is 16.1 Å². The number of fused-ring (bicyclic) bond motifs is 1. The van der Waals surface area contributed by atoms with Crippen LogP contribution in [0.25, 0.3) is 22.2 Å². The zero-order chi connectivity index (χ0) is 23.2. The summed E-state index contributed by atoms with van der Waals surface area (Å²) >= 11 is 0. The molecule has 0 aliphatic carbocycles. The lowest BCUT2D eigenvalue weighted by atomic mass is 9.87. The third-order valence-electron chi connectivity index (χ3n) is 5.62. The van der Waals surface area contributed by atoms with Crippen LogP contribution >= 0.6 is 0 Å². The number of aromatic nitrogens is 3. The molecule has 4 rings (SSSR count). The summed E-state index contributed by atoms with van der Waals surface area (Å²) in [4.78, 5) is 39.1. The smallest absolute Gasteiger partial charge is 0.404 e. The minimum absolute atomic E-state index is 0.0614. The van der Waals surface area contributed by atoms with Gasteiger partial charge in [-0.1, -0.05) is 13.8 Å². The van der Waals surface area contributed by atoms with Crippen LogP contribution in [0.5, 0.6) is 0 Å². The fraction of sp³-hybridized carbons (Fsp3) is 0.304. The number of cyclic esters (lactones) is 1. The van der Waals surface area contributed by atoms with Crippen LogP contribution in [0.4, 0.5) is 9.18 Å². The minimum atomic E-state index is -0.840. The number of H-pyrrole nitrogens is 1. The Morgan fingerprint density at radius 1 is 1.22 bits per heavy atom. The Bertz CT molecular complexity index is 1340. The topological polar surface area (TPSA) is 106 Å². The van der Waals surface area contributed by atoms with Crippen molar-refractivity contribution < 1.29 is 18.7 Å². The van der Waals surface area contributed by atoms with E-state index in [1.54, 1.807) is 16.8 Å². The molecule has 8 nitrogen and oxygen atoms in total. The molecule has 9 heteroatoms. The number of alkyl carbamates (subject to hydrolysis) is 1. The third kappa shape index (κ3) is 3.70. The number of halogens is 1. The number of benzene rings is 1. The summed E-state index contributed by atoms with van der Waals surface area (Å²) in [6.45, 7) is 8.12. The number of nitrogens with zero attached hydrogens (tertiary/aromatic N) is 2. The second-order valence-electron chi connectivity index (χ2n) is 8.11. The Kier molecular flexibility index (Phi) is 5.41. The van der Waals surface area contributed by atoms with E-state index in [2.05, 4.69) is 10.1 Å². The molecule has 1 atom stereocenters. The third-order valence-corrected chi connectivity index (χ3v) is 5.62. The molecule has 32 heavy (non-hydrogen) atoms. The predicted molar refractivity (Wildman–Crippen MR) is 116 cm³/mol. The maximum atomic E-state index is 14.7. The molecular formula is C23H23FN4O4. The number of aromatic amines is 1. The Balaban J connectivity index is 1.81. The second kappa shape index (κ2) is 8.07. The Labute approximate surface area is 183 Å². The number of pyridine rings is 1. The summed E-state index contributed by atoms with van der Waals surface area (Å²) in [5.74, 6) is -1.72. The van der Waals surface area contributed by atoms with Crippen molar-refractivity contribution in [3.63, 3.8) is 0 Å². The molecule has 2 aromatic heterocycles. The number of ether oxygens (including phenoxy) is 1. The normalized spacial score (nSPS) is 16.1. The molecule has 0 bridgehead atoms. The van der Waals surface area contributed by atoms with Gasteiger partial charge in [0.2, 0.25) is 0 Å². The molecule has 1 aromatic carbocycles. The summed E-state index contributed by atoms with van der Waals surface area (Å²) in [6, 6.07) is 4.91. The van der Waals surface area contributed by atoms with E-state index in [4.69, 9.17) is 4.74 Å². The zero-order valence-corrected chi connectivity index (χ0v) is 18.2. The van der Waals surface area contributed by atoms with Crippen molar-refractivity contribution in [2.75, 3.05) is 0 Å². The van der Waals surface area contributed by atoms with Gasteiger partial charge in [-0.25, -0.2) is 9.18 Å². The van der Waals surface area contributed by atoms with E-state index in [0.717, 1.165) is 5.56 Å². The van der Waals surface area contributed by atoms with Crippen molar-refractivity contribution >= 4 is 22.9 Å². The number of imide groups is 1. The molecule has 0 saturated carbocycles. The summed E-state index contributed by atoms with van der Waals surface area (Å²) in [5, 5.41) is 6.66. The Morgan fingerprint density at radius 3 is 2.59 bits per heavy atom. The highest BCUT2D eigenvalue weighted by atomic mass is 19.1. The van der Waals surface area contributed by atoms with Gasteiger partial charge in [0.1, 0.15) is 5.82 Å². The van der Waals surface area contributed by atoms with E-state index in [1.807, 2.05) is 33.0 Å². The van der Waals surface area contributed by atoms with E-state index in [9.17, 15) is 18.8 Å². The summed E-state index contributed by atoms with van der Waals surface area (Å²) in [6.07, 6.45) is 2.14. The van der Waals surface area contributed by atoms with Crippen molar-refractivity contribution in [3.05, 3.63) is 63.5 Å². The summed E-state index contributed by atoms with van der Waals surface area (Å²) in [7, 11) is 0. The number of amides is 2. The molecule has 1 aliphatic rings. The lowest BCUT2D eigenvalue weighted by Gasteiger charge is -2.19. The number of carbonyl (C=O) groups excluding carboxylic acids is 2. The second-order valence-corrected chi connectivity index (χ2v) is 8.11. The molecule has 0 radical (unpaired) electrons. The molecule has 3 aromatic rings. The van der Waals surface area contributed by atoms with Gasteiger partial charge in [-0.3, -0.25) is 19.6 Å². The van der Waals surface area contributed by atoms with Crippen LogP contribution in [0.3, 0.4) is 0 Å². The van der Waals surface area contributed by atoms with E-state index in [1.165, 1.54) is 18.3 Å². The van der Waals surface area contributed by atoms with Gasteiger partial charge in [0.05, 0.1) is 22.8 Å². The monoisotopic (exact) mass is 438 g/mol. The molecule has 2 amide bonds. The Hall–Kier alpha value is -3.75. The van der Waals surface area contributed by atoms with Crippen molar-refractivity contribution in [2.24, 2.45) is 5.92 Å². The average molecular weight is 438 g/mol. The number of hydrogen-bond donors (Lipinski definition) is 2. The molecule has 1 unspecified atom stereocenters. The number of nitrogens with one attached hydrogen (secondary N) is 2. The fourth-order valence-electron chi connectivity index (χ4n) is 3.97. The van der Waals surface area contributed by atoms with Crippen molar-refractivity contribution in [2.45, 2.75) is 40.2 Å². The Morgan fingerprint density at radius 2 is 1.97 bits per heavy atom. The van der Waals surface area contributed by atoms with Gasteiger partial charge >= 0.3 is 6.09 Å². The number of aryl methyl sites for hydroxylation is 2. The number of carbonyl (C=O) groups is 2. The molecule has 166 valence electrons. The first-order valence-corrected chi connectivity index (χ1v) is 10.3. The maximum Gasteiger partial charge on any atom is 0.419 e. The van der Waals surface area contributed by atoms with Crippen molar-refractivity contribution in [1.82, 2.24) is 20.1 Å². The SMILES string of the molecule is CCn1ncc2c(F)cc(-c3[nH]c(=O)c(C(/C=C4\OC(=O)NC4=O)C(C)C)cc3C)cc21. The van der Waals surface area contributed by atoms with Gasteiger partial charge in [0.25, 0.3) is 11.5 Å². The van der Waals surface area contributed by atoms with Crippen LogP contribution in [0.2, 0.25) is 0 Å². The van der Waals surface area contributed by atoms with Crippen LogP contribution in [0.15, 0.2) is 41.0 Å². The number of rotatable bonds is 5. The summed E-state index contributed by atoms with van der Waals surface area (Å²) in [5.41, 5.74) is 2.47. The van der Waals surface area contributed by atoms with E-state index in [0.29, 0.717) is 34.3 Å². The van der Waals surface area contributed by atoms with Gasteiger partial charge in [0, 0.05) is 23.6 Å². The first-order chi connectivity index (χ1) is 15.2. The largest absolute Gasteiger partial charge is 0.419 e. The van der Waals surface area contributed by atoms with Crippen molar-refractivity contribution in [1.29, 1.82) is 0 Å². The standard InChI is InChI=1S/C23H23FN4O4/c1-5-28-18-8-13(7-17(24)16(18)10-25-28)20-12(4)6-15(21(29)26-20)14(11(2)3)9-19-22(30)27-23(31)32-19/h6-11,14H,5H2,1-4H3,(H,26,29)(H,27,30,31)/b19-9-. The van der Waals surface area contributed by atoms with Gasteiger partial charge in [0.15, 0.2) is 5.76 Å². The maximum absolute atomic E-state index is 14.7. The van der Waals surface area contributed by atoms with Crippen LogP contribution in [0.1, 0.15) is 37.8 Å². The first kappa shape index (κ1) is 21.5. The predicted octanol–water partition coefficient (Wildman–Crippen LogP) is 3.75. The highest BCUT2D eigenvalue weighted by Gasteiger charge is 2.29. The van der Waals surface area contributed by atoms with Gasteiger partial charge in [-0.2, -0.15) is 5.10 Å². The van der Waals surface area contributed by atoms with Gasteiger partial charge in [-0.15, -0.1) is 0 Å². The van der Waals surface area contributed by atoms with E-state index < -0.39 is 23.7 Å². The molecule has 2 N–H and O–H groups in total. The lowest BCUT2D eigenvalue weighted by molar-refractivity contribution is -0.116. The number of hydrogen-bond acceptors (Lipinski definition) is 5. The molecule has 0 spiro atoms. The highest BCUT2D eigenvalue weighted by molar-refractivity contribution is 6.07. The molecular weight excluding hydrogens is 415 g/mol. The van der Waals surface area contributed by atoms with Crippen LogP contribution in [0, 0.1) is 18.7 Å². The average Bonchev–Trinajstić information content (AvgIpc) is 3.29. The summed E-state index contributed by atoms with van der Waals surface area (Å²) < 4.78 is 21.3. The quantitative estimate of drug-likeness (QED) is 0.590. The van der Waals surface area contributed by atoms with Crippen molar-refractivity contribution in [3.8, 4) is 11.3 Å². The van der Waals surface area contributed by atoms with E-state index >= 15 is 0 Å². The molecule has 3 heterocycles.